The average molecular weight is 341 g/mol. The Kier molecular flexibility index (Phi) is 4.96. The Labute approximate surface area is 145 Å². The van der Waals surface area contributed by atoms with Crippen molar-refractivity contribution >= 4 is 17.9 Å². The molecule has 3 rings (SSSR count). The molecule has 2 aromatic carbocycles. The highest BCUT2D eigenvalue weighted by atomic mass is 35.5. The molecule has 0 saturated carbocycles. The number of hydrogen-bond donors (Lipinski definition) is 0. The van der Waals surface area contributed by atoms with Gasteiger partial charge in [-0.15, -0.1) is 0 Å². The topological polar surface area (TPSA) is 44.1 Å². The molecule has 0 atom stereocenters. The van der Waals surface area contributed by atoms with Crippen molar-refractivity contribution in [3.05, 3.63) is 65.3 Å². The van der Waals surface area contributed by atoms with Gasteiger partial charge in [-0.1, -0.05) is 36.7 Å². The fraction of sp³-hybridized carbons (Fsp3) is 0.158. The Hall–Kier alpha value is -2.59. The lowest BCUT2D eigenvalue weighted by Gasteiger charge is -2.08. The third-order valence-corrected chi connectivity index (χ3v) is 3.85. The zero-order valence-corrected chi connectivity index (χ0v) is 14.0. The molecule has 0 spiro atoms. The normalized spacial score (nSPS) is 10.6. The third-order valence-electron chi connectivity index (χ3n) is 3.56. The van der Waals surface area contributed by atoms with E-state index in [1.54, 1.807) is 16.9 Å². The van der Waals surface area contributed by atoms with Crippen LogP contribution in [-0.4, -0.2) is 22.7 Å². The first kappa shape index (κ1) is 16.3. The molecule has 0 amide bonds. The Morgan fingerprint density at radius 1 is 1.21 bits per heavy atom. The van der Waals surface area contributed by atoms with Crippen molar-refractivity contribution in [3.8, 4) is 22.7 Å². The van der Waals surface area contributed by atoms with Crippen molar-refractivity contribution in [1.29, 1.82) is 0 Å². The van der Waals surface area contributed by atoms with Crippen LogP contribution in [0.2, 0.25) is 5.02 Å². The second-order valence-corrected chi connectivity index (χ2v) is 5.73. The summed E-state index contributed by atoms with van der Waals surface area (Å²) in [5, 5.41) is 5.05. The largest absolute Gasteiger partial charge is 0.492 e. The standard InChI is InChI=1S/C19H17ClN2O2/c1-2-10-24-18-9-8-14(11-17(18)20)19-15(13-23)12-22(21-19)16-6-4-3-5-7-16/h3-9,11-13H,2,10H2,1H3. The quantitative estimate of drug-likeness (QED) is 0.606. The van der Waals surface area contributed by atoms with Gasteiger partial charge in [0.2, 0.25) is 0 Å². The van der Waals surface area contributed by atoms with Crippen molar-refractivity contribution < 1.29 is 9.53 Å². The maximum atomic E-state index is 11.4. The fourth-order valence-corrected chi connectivity index (χ4v) is 2.62. The van der Waals surface area contributed by atoms with Gasteiger partial charge in [0.25, 0.3) is 0 Å². The summed E-state index contributed by atoms with van der Waals surface area (Å²) >= 11 is 6.29. The summed E-state index contributed by atoms with van der Waals surface area (Å²) in [6.45, 7) is 2.65. The predicted molar refractivity (Wildman–Crippen MR) is 95.2 cm³/mol. The number of hydrogen-bond acceptors (Lipinski definition) is 3. The molecule has 122 valence electrons. The molecule has 0 N–H and O–H groups in total. The summed E-state index contributed by atoms with van der Waals surface area (Å²) < 4.78 is 7.27. The molecule has 0 aliphatic rings. The molecule has 0 radical (unpaired) electrons. The van der Waals surface area contributed by atoms with Gasteiger partial charge in [-0.3, -0.25) is 4.79 Å². The van der Waals surface area contributed by atoms with Gasteiger partial charge in [-0.25, -0.2) is 4.68 Å². The number of carbonyl (C=O) groups excluding carboxylic acids is 1. The SMILES string of the molecule is CCCOc1ccc(-c2nn(-c3ccccc3)cc2C=O)cc1Cl. The van der Waals surface area contributed by atoms with Crippen LogP contribution in [0.15, 0.2) is 54.7 Å². The van der Waals surface area contributed by atoms with E-state index in [1.165, 1.54) is 0 Å². The average Bonchev–Trinajstić information content (AvgIpc) is 3.06. The van der Waals surface area contributed by atoms with Gasteiger partial charge in [-0.2, -0.15) is 5.10 Å². The highest BCUT2D eigenvalue weighted by molar-refractivity contribution is 6.32. The van der Waals surface area contributed by atoms with Gasteiger partial charge in [-0.05, 0) is 36.8 Å². The number of benzene rings is 2. The summed E-state index contributed by atoms with van der Waals surface area (Å²) in [6, 6.07) is 15.1. The van der Waals surface area contributed by atoms with Crippen LogP contribution in [0, 0.1) is 0 Å². The first-order valence-electron chi connectivity index (χ1n) is 7.76. The van der Waals surface area contributed by atoms with E-state index in [-0.39, 0.29) is 0 Å². The Morgan fingerprint density at radius 3 is 2.67 bits per heavy atom. The number of para-hydroxylation sites is 1. The highest BCUT2D eigenvalue weighted by Crippen LogP contribution is 2.31. The van der Waals surface area contributed by atoms with E-state index in [9.17, 15) is 4.79 Å². The van der Waals surface area contributed by atoms with Crippen molar-refractivity contribution in [2.45, 2.75) is 13.3 Å². The Balaban J connectivity index is 1.98. The van der Waals surface area contributed by atoms with E-state index in [1.807, 2.05) is 49.4 Å². The minimum Gasteiger partial charge on any atom is -0.492 e. The number of aromatic nitrogens is 2. The molecule has 24 heavy (non-hydrogen) atoms. The van der Waals surface area contributed by atoms with Crippen LogP contribution in [0.25, 0.3) is 16.9 Å². The second kappa shape index (κ2) is 7.32. The second-order valence-electron chi connectivity index (χ2n) is 5.32. The van der Waals surface area contributed by atoms with E-state index >= 15 is 0 Å². The number of carbonyl (C=O) groups is 1. The van der Waals surface area contributed by atoms with Crippen molar-refractivity contribution in [3.63, 3.8) is 0 Å². The molecule has 4 nitrogen and oxygen atoms in total. The molecule has 0 saturated heterocycles. The van der Waals surface area contributed by atoms with E-state index < -0.39 is 0 Å². The lowest BCUT2D eigenvalue weighted by Crippen LogP contribution is -1.96. The Morgan fingerprint density at radius 2 is 2.00 bits per heavy atom. The van der Waals surface area contributed by atoms with Gasteiger partial charge in [0.05, 0.1) is 22.9 Å². The van der Waals surface area contributed by atoms with Gasteiger partial charge >= 0.3 is 0 Å². The van der Waals surface area contributed by atoms with Gasteiger partial charge in [0, 0.05) is 11.8 Å². The molecule has 0 unspecified atom stereocenters. The van der Waals surface area contributed by atoms with E-state index in [0.29, 0.717) is 28.6 Å². The van der Waals surface area contributed by atoms with Crippen molar-refractivity contribution in [2.24, 2.45) is 0 Å². The maximum absolute atomic E-state index is 11.4. The van der Waals surface area contributed by atoms with Crippen molar-refractivity contribution in [2.75, 3.05) is 6.61 Å². The Bertz CT molecular complexity index is 844. The number of halogens is 1. The summed E-state index contributed by atoms with van der Waals surface area (Å²) in [5.41, 5.74) is 2.77. The van der Waals surface area contributed by atoms with E-state index in [4.69, 9.17) is 16.3 Å². The minimum atomic E-state index is 0.507. The van der Waals surface area contributed by atoms with Crippen LogP contribution in [0.3, 0.4) is 0 Å². The molecule has 0 aliphatic carbocycles. The summed E-state index contributed by atoms with van der Waals surface area (Å²) in [6.07, 6.45) is 3.43. The van der Waals surface area contributed by atoms with Crippen LogP contribution in [0.1, 0.15) is 23.7 Å². The minimum absolute atomic E-state index is 0.507. The van der Waals surface area contributed by atoms with E-state index in [2.05, 4.69) is 5.10 Å². The van der Waals surface area contributed by atoms with Crippen LogP contribution >= 0.6 is 11.6 Å². The van der Waals surface area contributed by atoms with Crippen LogP contribution in [-0.2, 0) is 0 Å². The monoisotopic (exact) mass is 340 g/mol. The smallest absolute Gasteiger partial charge is 0.153 e. The molecule has 1 heterocycles. The number of aldehydes is 1. The molecule has 0 aliphatic heterocycles. The predicted octanol–water partition coefficient (Wildman–Crippen LogP) is 4.79. The van der Waals surface area contributed by atoms with Gasteiger partial charge in [0.15, 0.2) is 6.29 Å². The number of ether oxygens (including phenoxy) is 1. The summed E-state index contributed by atoms with van der Waals surface area (Å²) in [4.78, 5) is 11.4. The first-order chi connectivity index (χ1) is 11.7. The van der Waals surface area contributed by atoms with Crippen LogP contribution in [0.4, 0.5) is 0 Å². The van der Waals surface area contributed by atoms with Gasteiger partial charge in [0.1, 0.15) is 11.4 Å². The van der Waals surface area contributed by atoms with Crippen LogP contribution < -0.4 is 4.74 Å². The van der Waals surface area contributed by atoms with Crippen LogP contribution in [0.5, 0.6) is 5.75 Å². The zero-order chi connectivity index (χ0) is 16.9. The molecular formula is C19H17ClN2O2. The number of rotatable bonds is 6. The lowest BCUT2D eigenvalue weighted by atomic mass is 10.1. The lowest BCUT2D eigenvalue weighted by molar-refractivity contribution is 0.112. The zero-order valence-electron chi connectivity index (χ0n) is 13.3. The highest BCUT2D eigenvalue weighted by Gasteiger charge is 2.13. The number of nitrogens with zero attached hydrogens (tertiary/aromatic N) is 2. The molecule has 1 aromatic heterocycles. The first-order valence-corrected chi connectivity index (χ1v) is 8.13. The molecule has 0 bridgehead atoms. The molecule has 0 fully saturated rings. The molecule has 3 aromatic rings. The third kappa shape index (κ3) is 3.34. The fourth-order valence-electron chi connectivity index (χ4n) is 2.39. The summed E-state index contributed by atoms with van der Waals surface area (Å²) in [7, 11) is 0. The molecule has 5 heteroatoms. The maximum Gasteiger partial charge on any atom is 0.153 e. The van der Waals surface area contributed by atoms with Crippen molar-refractivity contribution in [1.82, 2.24) is 9.78 Å². The van der Waals surface area contributed by atoms with Gasteiger partial charge < -0.3 is 4.74 Å². The molecular weight excluding hydrogens is 324 g/mol. The summed E-state index contributed by atoms with van der Waals surface area (Å²) in [5.74, 6) is 0.636. The van der Waals surface area contributed by atoms with E-state index in [0.717, 1.165) is 24.0 Å².